The molecule has 1 N–H and O–H groups in total. The summed E-state index contributed by atoms with van der Waals surface area (Å²) in [6.07, 6.45) is 7.22. The maximum Gasteiger partial charge on any atom is 0.254 e. The van der Waals surface area contributed by atoms with Crippen LogP contribution in [0, 0.1) is 0 Å². The first kappa shape index (κ1) is 16.5. The predicted octanol–water partition coefficient (Wildman–Crippen LogP) is 2.63. The minimum atomic E-state index is -3.31. The maximum atomic E-state index is 12.7. The van der Waals surface area contributed by atoms with Gasteiger partial charge < -0.3 is 4.90 Å². The fourth-order valence-electron chi connectivity index (χ4n) is 2.81. The molecule has 0 saturated heterocycles. The molecule has 0 heterocycles. The quantitative estimate of drug-likeness (QED) is 0.819. The van der Waals surface area contributed by atoms with Crippen molar-refractivity contribution in [1.29, 1.82) is 0 Å². The molecule has 0 unspecified atom stereocenters. The summed E-state index contributed by atoms with van der Waals surface area (Å²) in [4.78, 5) is 14.5. The molecule has 2 rings (SSSR count). The largest absolute Gasteiger partial charge is 0.332 e. The molecule has 0 aromatic heterocycles. The van der Waals surface area contributed by atoms with E-state index in [2.05, 4.69) is 11.3 Å². The highest BCUT2D eigenvalue weighted by atomic mass is 32.2. The van der Waals surface area contributed by atoms with Crippen LogP contribution in [0.4, 0.5) is 5.69 Å². The summed E-state index contributed by atoms with van der Waals surface area (Å²) in [6, 6.07) is 6.80. The minimum Gasteiger partial charge on any atom is -0.332 e. The second-order valence-electron chi connectivity index (χ2n) is 5.64. The summed E-state index contributed by atoms with van der Waals surface area (Å²) in [5, 5.41) is 0. The molecule has 0 bridgehead atoms. The van der Waals surface area contributed by atoms with Crippen LogP contribution in [0.2, 0.25) is 0 Å². The summed E-state index contributed by atoms with van der Waals surface area (Å²) in [5.41, 5.74) is 1.02. The SMILES string of the molecule is C=CCN(C(=O)c1ccc(NS(C)(=O)=O)cc1)C1CCCC1. The van der Waals surface area contributed by atoms with Crippen molar-refractivity contribution in [3.8, 4) is 0 Å². The zero-order chi connectivity index (χ0) is 16.2. The van der Waals surface area contributed by atoms with Gasteiger partial charge in [-0.05, 0) is 37.1 Å². The lowest BCUT2D eigenvalue weighted by Gasteiger charge is -2.28. The van der Waals surface area contributed by atoms with Gasteiger partial charge >= 0.3 is 0 Å². The molecule has 120 valence electrons. The number of anilines is 1. The first-order valence-corrected chi connectivity index (χ1v) is 9.29. The zero-order valence-corrected chi connectivity index (χ0v) is 13.6. The molecule has 1 aromatic rings. The lowest BCUT2D eigenvalue weighted by molar-refractivity contribution is 0.0706. The number of carbonyl (C=O) groups excluding carboxylic acids is 1. The van der Waals surface area contributed by atoms with E-state index in [4.69, 9.17) is 0 Å². The van der Waals surface area contributed by atoms with Gasteiger partial charge in [0.2, 0.25) is 10.0 Å². The fraction of sp³-hybridized carbons (Fsp3) is 0.438. The number of nitrogens with zero attached hydrogens (tertiary/aromatic N) is 1. The van der Waals surface area contributed by atoms with Crippen LogP contribution in [-0.4, -0.2) is 38.1 Å². The highest BCUT2D eigenvalue weighted by molar-refractivity contribution is 7.92. The molecule has 1 aliphatic rings. The van der Waals surface area contributed by atoms with Crippen LogP contribution in [0.5, 0.6) is 0 Å². The second kappa shape index (κ2) is 6.96. The Hall–Kier alpha value is -1.82. The third-order valence-corrected chi connectivity index (χ3v) is 4.39. The minimum absolute atomic E-state index is 0.0299. The lowest BCUT2D eigenvalue weighted by Crippen LogP contribution is -2.38. The van der Waals surface area contributed by atoms with Crippen molar-refractivity contribution < 1.29 is 13.2 Å². The van der Waals surface area contributed by atoms with Crippen molar-refractivity contribution in [3.05, 3.63) is 42.5 Å². The summed E-state index contributed by atoms with van der Waals surface area (Å²) >= 11 is 0. The Bertz CT molecular complexity index is 632. The van der Waals surface area contributed by atoms with Crippen LogP contribution in [0.25, 0.3) is 0 Å². The van der Waals surface area contributed by atoms with Crippen molar-refractivity contribution >= 4 is 21.6 Å². The van der Waals surface area contributed by atoms with E-state index in [0.29, 0.717) is 17.8 Å². The Balaban J connectivity index is 2.14. The Kier molecular flexibility index (Phi) is 5.24. The molecular weight excluding hydrogens is 300 g/mol. The van der Waals surface area contributed by atoms with Crippen molar-refractivity contribution in [2.24, 2.45) is 0 Å². The summed E-state index contributed by atoms with van der Waals surface area (Å²) in [7, 11) is -3.31. The van der Waals surface area contributed by atoms with Crippen LogP contribution < -0.4 is 4.72 Å². The van der Waals surface area contributed by atoms with Crippen LogP contribution in [0.1, 0.15) is 36.0 Å². The molecule has 1 fully saturated rings. The Morgan fingerprint density at radius 2 is 1.91 bits per heavy atom. The molecule has 1 saturated carbocycles. The van der Waals surface area contributed by atoms with E-state index >= 15 is 0 Å². The molecule has 22 heavy (non-hydrogen) atoms. The van der Waals surface area contributed by atoms with E-state index in [1.807, 2.05) is 4.90 Å². The molecule has 1 amide bonds. The molecule has 0 spiro atoms. The Morgan fingerprint density at radius 1 is 1.32 bits per heavy atom. The van der Waals surface area contributed by atoms with E-state index in [1.165, 1.54) is 0 Å². The molecule has 0 aliphatic heterocycles. The topological polar surface area (TPSA) is 66.5 Å². The molecule has 0 radical (unpaired) electrons. The van der Waals surface area contributed by atoms with E-state index in [1.54, 1.807) is 30.3 Å². The summed E-state index contributed by atoms with van der Waals surface area (Å²) < 4.78 is 24.8. The van der Waals surface area contributed by atoms with Crippen molar-refractivity contribution in [2.45, 2.75) is 31.7 Å². The van der Waals surface area contributed by atoms with Crippen LogP contribution in [-0.2, 0) is 10.0 Å². The third-order valence-electron chi connectivity index (χ3n) is 3.79. The molecule has 5 nitrogen and oxygen atoms in total. The Morgan fingerprint density at radius 3 is 2.41 bits per heavy atom. The molecule has 0 atom stereocenters. The number of hydrogen-bond donors (Lipinski definition) is 1. The van der Waals surface area contributed by atoms with E-state index < -0.39 is 10.0 Å². The van der Waals surface area contributed by atoms with Gasteiger partial charge in [-0.3, -0.25) is 9.52 Å². The Labute approximate surface area is 132 Å². The van der Waals surface area contributed by atoms with E-state index in [-0.39, 0.29) is 11.9 Å². The average molecular weight is 322 g/mol. The monoisotopic (exact) mass is 322 g/mol. The van der Waals surface area contributed by atoms with Gasteiger partial charge in [0.05, 0.1) is 6.26 Å². The molecule has 1 aromatic carbocycles. The number of hydrogen-bond acceptors (Lipinski definition) is 3. The smallest absolute Gasteiger partial charge is 0.254 e. The summed E-state index contributed by atoms with van der Waals surface area (Å²) in [5.74, 6) is -0.0299. The number of sulfonamides is 1. The van der Waals surface area contributed by atoms with E-state index in [9.17, 15) is 13.2 Å². The average Bonchev–Trinajstić information content (AvgIpc) is 2.97. The van der Waals surface area contributed by atoms with Gasteiger partial charge in [0.15, 0.2) is 0 Å². The number of rotatable bonds is 6. The fourth-order valence-corrected chi connectivity index (χ4v) is 3.38. The zero-order valence-electron chi connectivity index (χ0n) is 12.8. The lowest BCUT2D eigenvalue weighted by atomic mass is 10.1. The number of nitrogens with one attached hydrogen (secondary N) is 1. The van der Waals surface area contributed by atoms with Gasteiger partial charge in [0, 0.05) is 23.8 Å². The number of carbonyl (C=O) groups is 1. The van der Waals surface area contributed by atoms with Crippen molar-refractivity contribution in [1.82, 2.24) is 4.90 Å². The second-order valence-corrected chi connectivity index (χ2v) is 7.38. The molecule has 6 heteroatoms. The van der Waals surface area contributed by atoms with Gasteiger partial charge in [-0.25, -0.2) is 8.42 Å². The van der Waals surface area contributed by atoms with Crippen molar-refractivity contribution in [2.75, 3.05) is 17.5 Å². The van der Waals surface area contributed by atoms with Gasteiger partial charge in [-0.2, -0.15) is 0 Å². The van der Waals surface area contributed by atoms with E-state index in [0.717, 1.165) is 31.9 Å². The standard InChI is InChI=1S/C16H22N2O3S/c1-3-12-18(15-6-4-5-7-15)16(19)13-8-10-14(11-9-13)17-22(2,20)21/h3,8-11,15,17H,1,4-7,12H2,2H3. The van der Waals surface area contributed by atoms with Gasteiger partial charge in [0.25, 0.3) is 5.91 Å². The maximum absolute atomic E-state index is 12.7. The highest BCUT2D eigenvalue weighted by Gasteiger charge is 2.26. The molecular formula is C16H22N2O3S. The van der Waals surface area contributed by atoms with Gasteiger partial charge in [0.1, 0.15) is 0 Å². The van der Waals surface area contributed by atoms with Crippen LogP contribution >= 0.6 is 0 Å². The van der Waals surface area contributed by atoms with Crippen molar-refractivity contribution in [3.63, 3.8) is 0 Å². The number of benzene rings is 1. The third kappa shape index (κ3) is 4.34. The predicted molar refractivity (Wildman–Crippen MR) is 88.4 cm³/mol. The highest BCUT2D eigenvalue weighted by Crippen LogP contribution is 2.25. The molecule has 1 aliphatic carbocycles. The van der Waals surface area contributed by atoms with Crippen LogP contribution in [0.15, 0.2) is 36.9 Å². The summed E-state index contributed by atoms with van der Waals surface area (Å²) in [6.45, 7) is 4.27. The normalized spacial score (nSPS) is 15.5. The van der Waals surface area contributed by atoms with Gasteiger partial charge in [-0.15, -0.1) is 6.58 Å². The van der Waals surface area contributed by atoms with Crippen LogP contribution in [0.3, 0.4) is 0 Å². The van der Waals surface area contributed by atoms with Gasteiger partial charge in [-0.1, -0.05) is 18.9 Å². The first-order valence-electron chi connectivity index (χ1n) is 7.40. The first-order chi connectivity index (χ1) is 10.4. The number of amides is 1.